The van der Waals surface area contributed by atoms with Crippen molar-refractivity contribution in [1.82, 2.24) is 15.0 Å². The van der Waals surface area contributed by atoms with Crippen LogP contribution >= 0.6 is 11.3 Å². The normalized spacial score (nSPS) is 14.9. The van der Waals surface area contributed by atoms with Crippen molar-refractivity contribution < 1.29 is 4.79 Å². The fraction of sp³-hybridized carbons (Fsp3) is 0.333. The van der Waals surface area contributed by atoms with Gasteiger partial charge in [0, 0.05) is 41.3 Å². The molecule has 0 spiro atoms. The highest BCUT2D eigenvalue weighted by atomic mass is 32.1. The number of aryl methyl sites for hydroxylation is 2. The van der Waals surface area contributed by atoms with Crippen molar-refractivity contribution in [2.75, 3.05) is 23.3 Å². The number of rotatable bonds is 4. The van der Waals surface area contributed by atoms with Gasteiger partial charge in [-0.25, -0.2) is 15.0 Å². The Labute approximate surface area is 168 Å². The molecule has 2 aromatic heterocycles. The predicted molar refractivity (Wildman–Crippen MR) is 113 cm³/mol. The van der Waals surface area contributed by atoms with Gasteiger partial charge in [0.1, 0.15) is 0 Å². The molecule has 0 radical (unpaired) electrons. The summed E-state index contributed by atoms with van der Waals surface area (Å²) < 4.78 is 0. The molecule has 0 atom stereocenters. The van der Waals surface area contributed by atoms with Crippen LogP contribution in [0, 0.1) is 19.8 Å². The predicted octanol–water partition coefficient (Wildman–Crippen LogP) is 4.07. The first-order chi connectivity index (χ1) is 13.6. The fourth-order valence-corrected chi connectivity index (χ4v) is 4.19. The summed E-state index contributed by atoms with van der Waals surface area (Å²) in [4.78, 5) is 28.5. The molecular formula is C21H23N5OS. The first kappa shape index (κ1) is 18.6. The number of hydrogen-bond acceptors (Lipinski definition) is 6. The zero-order chi connectivity index (χ0) is 19.5. The third-order valence-electron chi connectivity index (χ3n) is 4.92. The minimum absolute atomic E-state index is 0.00812. The van der Waals surface area contributed by atoms with E-state index in [0.29, 0.717) is 5.13 Å². The van der Waals surface area contributed by atoms with Gasteiger partial charge in [-0.3, -0.25) is 4.79 Å². The van der Waals surface area contributed by atoms with Crippen molar-refractivity contribution in [3.05, 3.63) is 53.2 Å². The van der Waals surface area contributed by atoms with Gasteiger partial charge in [0.15, 0.2) is 5.13 Å². The number of anilines is 2. The summed E-state index contributed by atoms with van der Waals surface area (Å²) in [6, 6.07) is 12.0. The highest BCUT2D eigenvalue weighted by Crippen LogP contribution is 2.27. The lowest BCUT2D eigenvalue weighted by atomic mass is 9.96. The van der Waals surface area contributed by atoms with Crippen LogP contribution in [0.15, 0.2) is 41.8 Å². The second kappa shape index (κ2) is 8.06. The van der Waals surface area contributed by atoms with E-state index in [2.05, 4.69) is 25.2 Å². The van der Waals surface area contributed by atoms with Gasteiger partial charge in [-0.15, -0.1) is 11.3 Å². The van der Waals surface area contributed by atoms with Crippen LogP contribution in [0.5, 0.6) is 0 Å². The van der Waals surface area contributed by atoms with E-state index in [4.69, 9.17) is 0 Å². The van der Waals surface area contributed by atoms with Gasteiger partial charge in [0.05, 0.1) is 5.69 Å². The number of aromatic nitrogens is 3. The molecule has 3 aromatic rings. The lowest BCUT2D eigenvalue weighted by Gasteiger charge is -2.31. The summed E-state index contributed by atoms with van der Waals surface area (Å²) >= 11 is 1.46. The zero-order valence-electron chi connectivity index (χ0n) is 16.1. The van der Waals surface area contributed by atoms with E-state index in [1.54, 1.807) is 0 Å². The summed E-state index contributed by atoms with van der Waals surface area (Å²) in [5, 5.41) is 5.63. The zero-order valence-corrected chi connectivity index (χ0v) is 16.9. The van der Waals surface area contributed by atoms with Crippen LogP contribution in [-0.4, -0.2) is 33.9 Å². The maximum absolute atomic E-state index is 12.7. The van der Waals surface area contributed by atoms with Crippen LogP contribution < -0.4 is 10.2 Å². The van der Waals surface area contributed by atoms with Crippen LogP contribution in [0.2, 0.25) is 0 Å². The molecular weight excluding hydrogens is 370 g/mol. The van der Waals surface area contributed by atoms with Crippen LogP contribution in [0.25, 0.3) is 11.3 Å². The van der Waals surface area contributed by atoms with E-state index in [-0.39, 0.29) is 11.8 Å². The number of amides is 1. The number of nitrogens with zero attached hydrogens (tertiary/aromatic N) is 4. The maximum atomic E-state index is 12.7. The second-order valence-corrected chi connectivity index (χ2v) is 7.96. The topological polar surface area (TPSA) is 71.0 Å². The summed E-state index contributed by atoms with van der Waals surface area (Å²) in [6.45, 7) is 5.54. The van der Waals surface area contributed by atoms with Gasteiger partial charge in [-0.1, -0.05) is 30.3 Å². The molecule has 4 rings (SSSR count). The summed E-state index contributed by atoms with van der Waals surface area (Å²) in [5.74, 6) is 0.810. The van der Waals surface area contributed by atoms with Crippen LogP contribution in [-0.2, 0) is 4.79 Å². The lowest BCUT2D eigenvalue weighted by molar-refractivity contribution is -0.120. The maximum Gasteiger partial charge on any atom is 0.229 e. The van der Waals surface area contributed by atoms with Gasteiger partial charge in [-0.2, -0.15) is 0 Å². The molecule has 0 unspecified atom stereocenters. The van der Waals surface area contributed by atoms with Crippen molar-refractivity contribution in [2.45, 2.75) is 26.7 Å². The molecule has 0 bridgehead atoms. The number of carbonyl (C=O) groups excluding carboxylic acids is 1. The first-order valence-electron chi connectivity index (χ1n) is 9.47. The molecule has 1 amide bonds. The standard InChI is InChI=1S/C21H23N5OS/c1-14-12-15(2)23-20(22-14)26-10-8-17(9-11-26)19(27)25-21-24-18(13-28-21)16-6-4-3-5-7-16/h3-7,12-13,17H,8-11H2,1-2H3,(H,24,25,27). The number of hydrogen-bond donors (Lipinski definition) is 1. The van der Waals surface area contributed by atoms with E-state index in [9.17, 15) is 4.79 Å². The molecule has 1 N–H and O–H groups in total. The number of benzene rings is 1. The molecule has 28 heavy (non-hydrogen) atoms. The Bertz CT molecular complexity index is 944. The number of carbonyl (C=O) groups is 1. The molecule has 1 aromatic carbocycles. The Morgan fingerprint density at radius 2 is 1.75 bits per heavy atom. The average molecular weight is 394 g/mol. The van der Waals surface area contributed by atoms with E-state index in [1.807, 2.05) is 55.6 Å². The van der Waals surface area contributed by atoms with Crippen LogP contribution in [0.1, 0.15) is 24.2 Å². The van der Waals surface area contributed by atoms with Gasteiger partial charge in [-0.05, 0) is 32.8 Å². The molecule has 0 saturated carbocycles. The Morgan fingerprint density at radius 1 is 1.07 bits per heavy atom. The minimum Gasteiger partial charge on any atom is -0.341 e. The third-order valence-corrected chi connectivity index (χ3v) is 5.68. The molecule has 1 aliphatic heterocycles. The van der Waals surface area contributed by atoms with Crippen molar-refractivity contribution in [2.24, 2.45) is 5.92 Å². The smallest absolute Gasteiger partial charge is 0.229 e. The molecule has 6 nitrogen and oxygen atoms in total. The molecule has 7 heteroatoms. The molecule has 1 saturated heterocycles. The Hall–Kier alpha value is -2.80. The van der Waals surface area contributed by atoms with E-state index in [1.165, 1.54) is 11.3 Å². The summed E-state index contributed by atoms with van der Waals surface area (Å²) in [6.07, 6.45) is 1.58. The van der Waals surface area contributed by atoms with Crippen molar-refractivity contribution in [1.29, 1.82) is 0 Å². The van der Waals surface area contributed by atoms with Gasteiger partial charge < -0.3 is 10.2 Å². The average Bonchev–Trinajstić information content (AvgIpc) is 3.16. The van der Waals surface area contributed by atoms with Crippen molar-refractivity contribution in [3.8, 4) is 11.3 Å². The Kier molecular flexibility index (Phi) is 5.34. The molecule has 1 aliphatic rings. The minimum atomic E-state index is -0.00812. The molecule has 0 aliphatic carbocycles. The van der Waals surface area contributed by atoms with E-state index in [0.717, 1.165) is 54.5 Å². The van der Waals surface area contributed by atoms with Crippen molar-refractivity contribution in [3.63, 3.8) is 0 Å². The number of piperidine rings is 1. The first-order valence-corrected chi connectivity index (χ1v) is 10.4. The molecule has 3 heterocycles. The Morgan fingerprint density at radius 3 is 2.43 bits per heavy atom. The molecule has 144 valence electrons. The summed E-state index contributed by atoms with van der Waals surface area (Å²) in [5.41, 5.74) is 3.89. The highest BCUT2D eigenvalue weighted by molar-refractivity contribution is 7.14. The fourth-order valence-electron chi connectivity index (χ4n) is 3.47. The monoisotopic (exact) mass is 393 g/mol. The largest absolute Gasteiger partial charge is 0.341 e. The SMILES string of the molecule is Cc1cc(C)nc(N2CCC(C(=O)Nc3nc(-c4ccccc4)cs3)CC2)n1. The van der Waals surface area contributed by atoms with Crippen LogP contribution in [0.3, 0.4) is 0 Å². The van der Waals surface area contributed by atoms with Gasteiger partial charge in [0.25, 0.3) is 0 Å². The quantitative estimate of drug-likeness (QED) is 0.723. The highest BCUT2D eigenvalue weighted by Gasteiger charge is 2.27. The lowest BCUT2D eigenvalue weighted by Crippen LogP contribution is -2.39. The third kappa shape index (κ3) is 4.20. The Balaban J connectivity index is 1.35. The molecule has 1 fully saturated rings. The van der Waals surface area contributed by atoms with Gasteiger partial charge in [0.2, 0.25) is 11.9 Å². The number of nitrogens with one attached hydrogen (secondary N) is 1. The summed E-state index contributed by atoms with van der Waals surface area (Å²) in [7, 11) is 0. The van der Waals surface area contributed by atoms with E-state index < -0.39 is 0 Å². The van der Waals surface area contributed by atoms with Gasteiger partial charge >= 0.3 is 0 Å². The number of thiazole rings is 1. The van der Waals surface area contributed by atoms with Crippen LogP contribution in [0.4, 0.5) is 11.1 Å². The van der Waals surface area contributed by atoms with Crippen molar-refractivity contribution >= 4 is 28.3 Å². The second-order valence-electron chi connectivity index (χ2n) is 7.11. The van der Waals surface area contributed by atoms with E-state index >= 15 is 0 Å².